The van der Waals surface area contributed by atoms with Gasteiger partial charge in [-0.05, 0) is 41.1 Å². The second kappa shape index (κ2) is 4.79. The van der Waals surface area contributed by atoms with Crippen molar-refractivity contribution in [3.05, 3.63) is 27.1 Å². The van der Waals surface area contributed by atoms with Gasteiger partial charge in [-0.15, -0.1) is 0 Å². The van der Waals surface area contributed by atoms with Gasteiger partial charge in [0.25, 0.3) is 0 Å². The molecular weight excluding hydrogens is 316 g/mol. The van der Waals surface area contributed by atoms with Crippen LogP contribution in [0, 0.1) is 0 Å². The van der Waals surface area contributed by atoms with E-state index >= 15 is 0 Å². The van der Waals surface area contributed by atoms with E-state index in [4.69, 9.17) is 9.84 Å². The first-order valence-corrected chi connectivity index (χ1v) is 5.44. The summed E-state index contributed by atoms with van der Waals surface area (Å²) in [5, 5.41) is 8.65. The third-order valence-electron chi connectivity index (χ3n) is 1.54. The number of ether oxygens (including phenoxy) is 1. The summed E-state index contributed by atoms with van der Waals surface area (Å²) in [4.78, 5) is 10.5. The fourth-order valence-electron chi connectivity index (χ4n) is 0.808. The van der Waals surface area contributed by atoms with Gasteiger partial charge in [0.1, 0.15) is 5.75 Å². The molecule has 1 aromatic carbocycles. The molecule has 0 saturated heterocycles. The van der Waals surface area contributed by atoms with Crippen LogP contribution < -0.4 is 4.74 Å². The molecule has 1 atom stereocenters. The number of benzene rings is 1. The zero-order chi connectivity index (χ0) is 10.7. The summed E-state index contributed by atoms with van der Waals surface area (Å²) in [5.41, 5.74) is 0. The Morgan fingerprint density at radius 2 is 2.14 bits per heavy atom. The first-order chi connectivity index (χ1) is 6.50. The average Bonchev–Trinajstić information content (AvgIpc) is 2.11. The highest BCUT2D eigenvalue weighted by atomic mass is 79.9. The van der Waals surface area contributed by atoms with Gasteiger partial charge in [-0.2, -0.15) is 0 Å². The highest BCUT2D eigenvalue weighted by Gasteiger charge is 2.14. The lowest BCUT2D eigenvalue weighted by Crippen LogP contribution is -2.23. The Morgan fingerprint density at radius 3 is 2.71 bits per heavy atom. The van der Waals surface area contributed by atoms with Gasteiger partial charge in [0.2, 0.25) is 0 Å². The van der Waals surface area contributed by atoms with E-state index in [-0.39, 0.29) is 0 Å². The Bertz CT molecular complexity index is 352. The van der Waals surface area contributed by atoms with Gasteiger partial charge in [-0.1, -0.05) is 15.9 Å². The smallest absolute Gasteiger partial charge is 0.344 e. The molecule has 76 valence electrons. The molecule has 1 N–H and O–H groups in total. The summed E-state index contributed by atoms with van der Waals surface area (Å²) in [6, 6.07) is 5.33. The van der Waals surface area contributed by atoms with Gasteiger partial charge < -0.3 is 9.84 Å². The van der Waals surface area contributed by atoms with Gasteiger partial charge in [0.15, 0.2) is 6.10 Å². The largest absolute Gasteiger partial charge is 0.479 e. The Balaban J connectivity index is 2.85. The quantitative estimate of drug-likeness (QED) is 0.930. The highest BCUT2D eigenvalue weighted by molar-refractivity contribution is 9.11. The van der Waals surface area contributed by atoms with Crippen LogP contribution in [0.4, 0.5) is 0 Å². The lowest BCUT2D eigenvalue weighted by atomic mass is 10.3. The van der Waals surface area contributed by atoms with Crippen LogP contribution in [0.3, 0.4) is 0 Å². The van der Waals surface area contributed by atoms with Crippen molar-refractivity contribution in [2.45, 2.75) is 13.0 Å². The van der Waals surface area contributed by atoms with Gasteiger partial charge in [-0.3, -0.25) is 0 Å². The van der Waals surface area contributed by atoms with E-state index in [0.29, 0.717) is 5.75 Å². The number of carboxylic acids is 1. The van der Waals surface area contributed by atoms with E-state index in [1.54, 1.807) is 12.1 Å². The van der Waals surface area contributed by atoms with E-state index in [0.717, 1.165) is 8.95 Å². The molecule has 0 amide bonds. The van der Waals surface area contributed by atoms with Crippen molar-refractivity contribution in [3.63, 3.8) is 0 Å². The number of halogens is 2. The van der Waals surface area contributed by atoms with Crippen molar-refractivity contribution in [1.82, 2.24) is 0 Å². The third-order valence-corrected chi connectivity index (χ3v) is 2.69. The Morgan fingerprint density at radius 1 is 1.50 bits per heavy atom. The molecule has 14 heavy (non-hydrogen) atoms. The molecule has 1 unspecified atom stereocenters. The van der Waals surface area contributed by atoms with Crippen LogP contribution in [0.15, 0.2) is 27.1 Å². The molecule has 1 rings (SSSR count). The second-order valence-electron chi connectivity index (χ2n) is 2.67. The molecule has 0 aliphatic heterocycles. The number of hydrogen-bond acceptors (Lipinski definition) is 2. The summed E-state index contributed by atoms with van der Waals surface area (Å²) in [7, 11) is 0. The summed E-state index contributed by atoms with van der Waals surface area (Å²) < 4.78 is 6.78. The van der Waals surface area contributed by atoms with Crippen LogP contribution in [-0.2, 0) is 4.79 Å². The monoisotopic (exact) mass is 322 g/mol. The maximum Gasteiger partial charge on any atom is 0.344 e. The van der Waals surface area contributed by atoms with E-state index in [1.807, 2.05) is 6.07 Å². The molecule has 1 aromatic rings. The van der Waals surface area contributed by atoms with Crippen molar-refractivity contribution in [2.75, 3.05) is 0 Å². The molecule has 0 aliphatic rings. The van der Waals surface area contributed by atoms with Gasteiger partial charge in [-0.25, -0.2) is 4.79 Å². The highest BCUT2D eigenvalue weighted by Crippen LogP contribution is 2.29. The minimum Gasteiger partial charge on any atom is -0.479 e. The van der Waals surface area contributed by atoms with Gasteiger partial charge >= 0.3 is 5.97 Å². The number of carboxylic acid groups (broad SMARTS) is 1. The molecule has 0 heterocycles. The first-order valence-electron chi connectivity index (χ1n) is 3.85. The van der Waals surface area contributed by atoms with Crippen LogP contribution in [-0.4, -0.2) is 17.2 Å². The molecule has 0 spiro atoms. The summed E-state index contributed by atoms with van der Waals surface area (Å²) in [6.07, 6.45) is -0.861. The zero-order valence-electron chi connectivity index (χ0n) is 7.33. The molecule has 3 nitrogen and oxygen atoms in total. The predicted octanol–water partition coefficient (Wildman–Crippen LogP) is 3.06. The minimum atomic E-state index is -0.989. The van der Waals surface area contributed by atoms with Crippen LogP contribution in [0.5, 0.6) is 5.75 Å². The van der Waals surface area contributed by atoms with E-state index in [9.17, 15) is 4.79 Å². The van der Waals surface area contributed by atoms with Crippen LogP contribution in [0.1, 0.15) is 6.92 Å². The van der Waals surface area contributed by atoms with E-state index < -0.39 is 12.1 Å². The zero-order valence-corrected chi connectivity index (χ0v) is 10.5. The van der Waals surface area contributed by atoms with Crippen molar-refractivity contribution >= 4 is 37.8 Å². The molecule has 0 fully saturated rings. The lowest BCUT2D eigenvalue weighted by Gasteiger charge is -2.11. The van der Waals surface area contributed by atoms with Crippen LogP contribution in [0.25, 0.3) is 0 Å². The summed E-state index contributed by atoms with van der Waals surface area (Å²) in [5.74, 6) is -0.480. The van der Waals surface area contributed by atoms with Crippen molar-refractivity contribution in [2.24, 2.45) is 0 Å². The van der Waals surface area contributed by atoms with Crippen LogP contribution >= 0.6 is 31.9 Å². The van der Waals surface area contributed by atoms with Crippen LogP contribution in [0.2, 0.25) is 0 Å². The molecule has 0 aliphatic carbocycles. The Labute approximate surface area is 98.3 Å². The number of aliphatic carboxylic acids is 1. The first kappa shape index (κ1) is 11.5. The Hall–Kier alpha value is -0.550. The maximum absolute atomic E-state index is 10.5. The van der Waals surface area contributed by atoms with Gasteiger partial charge in [0.05, 0.1) is 4.47 Å². The lowest BCUT2D eigenvalue weighted by molar-refractivity contribution is -0.144. The summed E-state index contributed by atoms with van der Waals surface area (Å²) >= 11 is 6.54. The molecule has 0 saturated carbocycles. The second-order valence-corrected chi connectivity index (χ2v) is 4.44. The average molecular weight is 324 g/mol. The normalized spacial score (nSPS) is 12.2. The van der Waals surface area contributed by atoms with Crippen molar-refractivity contribution < 1.29 is 14.6 Å². The number of hydrogen-bond donors (Lipinski definition) is 1. The Kier molecular flexibility index (Phi) is 3.95. The van der Waals surface area contributed by atoms with Crippen molar-refractivity contribution in [3.8, 4) is 5.75 Å². The SMILES string of the molecule is CC(Oc1cc(Br)ccc1Br)C(=O)O. The molecule has 0 radical (unpaired) electrons. The fourth-order valence-corrected chi connectivity index (χ4v) is 1.49. The topological polar surface area (TPSA) is 46.5 Å². The fraction of sp³-hybridized carbons (Fsp3) is 0.222. The standard InChI is InChI=1S/C9H8Br2O3/c1-5(9(12)13)14-8-4-6(10)2-3-7(8)11/h2-5H,1H3,(H,12,13). The van der Waals surface area contributed by atoms with Crippen molar-refractivity contribution in [1.29, 1.82) is 0 Å². The maximum atomic E-state index is 10.5. The number of rotatable bonds is 3. The molecule has 5 heteroatoms. The number of carbonyl (C=O) groups is 1. The molecule has 0 aromatic heterocycles. The third kappa shape index (κ3) is 2.99. The molecule has 0 bridgehead atoms. The minimum absolute atomic E-state index is 0.509. The molecular formula is C9H8Br2O3. The summed E-state index contributed by atoms with van der Waals surface area (Å²) in [6.45, 7) is 1.48. The van der Waals surface area contributed by atoms with E-state index in [1.165, 1.54) is 6.92 Å². The van der Waals surface area contributed by atoms with Gasteiger partial charge in [0, 0.05) is 4.47 Å². The predicted molar refractivity (Wildman–Crippen MR) is 59.6 cm³/mol. The van der Waals surface area contributed by atoms with E-state index in [2.05, 4.69) is 31.9 Å².